The second-order valence-electron chi connectivity index (χ2n) is 7.93. The second-order valence-corrected chi connectivity index (χ2v) is 7.93. The fraction of sp³-hybridized carbons (Fsp3) is 0.476. The van der Waals surface area contributed by atoms with E-state index in [1.54, 1.807) is 12.1 Å². The summed E-state index contributed by atoms with van der Waals surface area (Å²) in [6, 6.07) is 3.12. The van der Waals surface area contributed by atoms with Crippen molar-refractivity contribution in [1.29, 1.82) is 0 Å². The molecule has 4 rings (SSSR count). The van der Waals surface area contributed by atoms with Crippen molar-refractivity contribution in [3.63, 3.8) is 0 Å². The number of ketones is 1. The van der Waals surface area contributed by atoms with Crippen LogP contribution in [0.15, 0.2) is 23.3 Å². The van der Waals surface area contributed by atoms with Gasteiger partial charge in [-0.3, -0.25) is 14.4 Å². The Bertz CT molecular complexity index is 914. The summed E-state index contributed by atoms with van der Waals surface area (Å²) in [6.07, 6.45) is 1.61. The van der Waals surface area contributed by atoms with Gasteiger partial charge >= 0.3 is 5.97 Å². The lowest BCUT2D eigenvalue weighted by atomic mass is 9.78. The highest BCUT2D eigenvalue weighted by atomic mass is 16.7. The number of amides is 1. The summed E-state index contributed by atoms with van der Waals surface area (Å²) in [4.78, 5) is 37.2. The van der Waals surface area contributed by atoms with Gasteiger partial charge in [-0.05, 0) is 51.5 Å². The Hall–Kier alpha value is -2.83. The smallest absolute Gasteiger partial charge is 0.307 e. The largest absolute Gasteiger partial charge is 0.481 e. The van der Waals surface area contributed by atoms with Gasteiger partial charge in [-0.15, -0.1) is 0 Å². The molecule has 2 aliphatic carbocycles. The molecule has 28 heavy (non-hydrogen) atoms. The molecule has 7 heteroatoms. The number of anilines is 1. The van der Waals surface area contributed by atoms with Crippen LogP contribution in [-0.2, 0) is 9.59 Å². The summed E-state index contributed by atoms with van der Waals surface area (Å²) < 4.78 is 10.7. The molecule has 0 saturated heterocycles. The molecule has 2 bridgehead atoms. The fourth-order valence-corrected chi connectivity index (χ4v) is 5.16. The van der Waals surface area contributed by atoms with E-state index in [-0.39, 0.29) is 30.3 Å². The van der Waals surface area contributed by atoms with E-state index in [2.05, 4.69) is 5.32 Å². The van der Waals surface area contributed by atoms with Gasteiger partial charge in [0.05, 0.1) is 17.5 Å². The molecule has 7 nitrogen and oxygen atoms in total. The van der Waals surface area contributed by atoms with E-state index in [1.807, 2.05) is 13.8 Å². The first-order valence-corrected chi connectivity index (χ1v) is 9.45. The fourth-order valence-electron chi connectivity index (χ4n) is 5.16. The van der Waals surface area contributed by atoms with Crippen LogP contribution >= 0.6 is 0 Å². The molecule has 1 heterocycles. The number of carboxylic acid groups (broad SMARTS) is 1. The maximum absolute atomic E-state index is 13.2. The van der Waals surface area contributed by atoms with Gasteiger partial charge in [0.2, 0.25) is 12.7 Å². The highest BCUT2D eigenvalue weighted by Crippen LogP contribution is 2.57. The summed E-state index contributed by atoms with van der Waals surface area (Å²) in [5, 5.41) is 12.6. The molecule has 1 aromatic rings. The second kappa shape index (κ2) is 6.65. The molecule has 1 aliphatic heterocycles. The van der Waals surface area contributed by atoms with Crippen LogP contribution < -0.4 is 14.8 Å². The van der Waals surface area contributed by atoms with Crippen LogP contribution in [0.5, 0.6) is 11.5 Å². The molecule has 1 aromatic carbocycles. The molecule has 2 fully saturated rings. The average Bonchev–Trinajstić information content (AvgIpc) is 3.32. The van der Waals surface area contributed by atoms with Crippen LogP contribution in [0.3, 0.4) is 0 Å². The maximum Gasteiger partial charge on any atom is 0.307 e. The Labute approximate surface area is 162 Å². The SMILES string of the molecule is CC(=O)c1cc2c(cc1NC(=O)[C@@H]1[C@@H](C(=O)O)[C@H]3CC[C@@H]1C3=C(C)C)OCO2. The van der Waals surface area contributed by atoms with Crippen molar-refractivity contribution < 1.29 is 29.0 Å². The number of rotatable bonds is 4. The maximum atomic E-state index is 13.2. The lowest BCUT2D eigenvalue weighted by Gasteiger charge is -2.26. The molecular formula is C21H23NO6. The summed E-state index contributed by atoms with van der Waals surface area (Å²) in [6.45, 7) is 5.42. The molecule has 1 amide bonds. The van der Waals surface area contributed by atoms with Gasteiger partial charge in [0, 0.05) is 11.6 Å². The Morgan fingerprint density at radius 2 is 1.61 bits per heavy atom. The van der Waals surface area contributed by atoms with Crippen molar-refractivity contribution >= 4 is 23.3 Å². The lowest BCUT2D eigenvalue weighted by Crippen LogP contribution is -2.38. The van der Waals surface area contributed by atoms with Crippen LogP contribution in [0.1, 0.15) is 44.0 Å². The number of carbonyl (C=O) groups excluding carboxylic acids is 2. The molecule has 2 saturated carbocycles. The third-order valence-electron chi connectivity index (χ3n) is 6.16. The van der Waals surface area contributed by atoms with Gasteiger partial charge in [-0.1, -0.05) is 11.1 Å². The van der Waals surface area contributed by atoms with Crippen LogP contribution in [0.2, 0.25) is 0 Å². The summed E-state index contributed by atoms with van der Waals surface area (Å²) in [7, 11) is 0. The standard InChI is InChI=1S/C21H23NO6/c1-9(2)17-11-4-5-12(17)19(21(25)26)18(11)20(24)22-14-7-16-15(27-8-28-16)6-13(14)10(3)23/h6-7,11-12,18-19H,4-5,8H2,1-3H3,(H,22,24)(H,25,26)/t11-,12+,18+,19+/m1/s1. The number of nitrogens with one attached hydrogen (secondary N) is 1. The minimum atomic E-state index is -0.941. The number of benzene rings is 1. The Kier molecular flexibility index (Phi) is 4.40. The molecule has 148 valence electrons. The van der Waals surface area contributed by atoms with E-state index >= 15 is 0 Å². The van der Waals surface area contributed by atoms with Gasteiger partial charge in [0.15, 0.2) is 17.3 Å². The third-order valence-corrected chi connectivity index (χ3v) is 6.16. The van der Waals surface area contributed by atoms with Crippen molar-refractivity contribution in [3.05, 3.63) is 28.8 Å². The minimum Gasteiger partial charge on any atom is -0.481 e. The molecule has 0 unspecified atom stereocenters. The highest BCUT2D eigenvalue weighted by molar-refractivity contribution is 6.06. The number of carbonyl (C=O) groups is 3. The predicted molar refractivity (Wildman–Crippen MR) is 100 cm³/mol. The van der Waals surface area contributed by atoms with Crippen LogP contribution in [0.25, 0.3) is 0 Å². The zero-order valence-corrected chi connectivity index (χ0v) is 16.1. The minimum absolute atomic E-state index is 0.0570. The molecule has 4 atom stereocenters. The number of Topliss-reactive ketones (excluding diaryl/α,β-unsaturated/α-hetero) is 1. The van der Waals surface area contributed by atoms with Crippen LogP contribution in [0, 0.1) is 23.7 Å². The number of allylic oxidation sites excluding steroid dienone is 2. The number of ether oxygens (including phenoxy) is 2. The van der Waals surface area contributed by atoms with E-state index in [9.17, 15) is 19.5 Å². The Morgan fingerprint density at radius 1 is 1.00 bits per heavy atom. The number of hydrogen-bond donors (Lipinski definition) is 2. The topological polar surface area (TPSA) is 102 Å². The number of hydrogen-bond acceptors (Lipinski definition) is 5. The molecule has 0 spiro atoms. The van der Waals surface area contributed by atoms with Crippen molar-refractivity contribution in [2.24, 2.45) is 23.7 Å². The number of aliphatic carboxylic acids is 1. The van der Waals surface area contributed by atoms with E-state index in [0.29, 0.717) is 22.7 Å². The third kappa shape index (κ3) is 2.77. The van der Waals surface area contributed by atoms with E-state index < -0.39 is 17.8 Å². The van der Waals surface area contributed by atoms with Crippen LogP contribution in [0.4, 0.5) is 5.69 Å². The number of fused-ring (bicyclic) bond motifs is 3. The molecule has 3 aliphatic rings. The van der Waals surface area contributed by atoms with E-state index in [0.717, 1.165) is 24.0 Å². The summed E-state index contributed by atoms with van der Waals surface area (Å²) in [5.74, 6) is -2.15. The first-order valence-electron chi connectivity index (χ1n) is 9.45. The van der Waals surface area contributed by atoms with Gasteiger partial charge < -0.3 is 19.9 Å². The predicted octanol–water partition coefficient (Wildman–Crippen LogP) is 3.25. The Balaban J connectivity index is 1.68. The molecule has 0 radical (unpaired) electrons. The van der Waals surface area contributed by atoms with Gasteiger partial charge in [0.25, 0.3) is 0 Å². The van der Waals surface area contributed by atoms with E-state index in [4.69, 9.17) is 9.47 Å². The zero-order chi connectivity index (χ0) is 20.2. The molecule has 0 aromatic heterocycles. The quantitative estimate of drug-likeness (QED) is 0.609. The number of carboxylic acids is 1. The van der Waals surface area contributed by atoms with Gasteiger partial charge in [-0.2, -0.15) is 0 Å². The first kappa shape index (κ1) is 18.5. The van der Waals surface area contributed by atoms with Gasteiger partial charge in [0.1, 0.15) is 0 Å². The zero-order valence-electron chi connectivity index (χ0n) is 16.1. The molecular weight excluding hydrogens is 362 g/mol. The highest BCUT2D eigenvalue weighted by Gasteiger charge is 2.57. The van der Waals surface area contributed by atoms with Crippen LogP contribution in [-0.4, -0.2) is 29.6 Å². The summed E-state index contributed by atoms with van der Waals surface area (Å²) in [5.41, 5.74) is 2.86. The Morgan fingerprint density at radius 3 is 2.18 bits per heavy atom. The van der Waals surface area contributed by atoms with Crippen molar-refractivity contribution in [2.75, 3.05) is 12.1 Å². The van der Waals surface area contributed by atoms with Crippen molar-refractivity contribution in [1.82, 2.24) is 0 Å². The first-order chi connectivity index (χ1) is 13.3. The average molecular weight is 385 g/mol. The van der Waals surface area contributed by atoms with E-state index in [1.165, 1.54) is 6.92 Å². The monoisotopic (exact) mass is 385 g/mol. The lowest BCUT2D eigenvalue weighted by molar-refractivity contribution is -0.148. The normalized spacial score (nSPS) is 27.0. The van der Waals surface area contributed by atoms with Crippen molar-refractivity contribution in [2.45, 2.75) is 33.6 Å². The summed E-state index contributed by atoms with van der Waals surface area (Å²) >= 11 is 0. The van der Waals surface area contributed by atoms with Crippen molar-refractivity contribution in [3.8, 4) is 11.5 Å². The van der Waals surface area contributed by atoms with Gasteiger partial charge in [-0.25, -0.2) is 0 Å². The molecule has 2 N–H and O–H groups in total.